The third-order valence-electron chi connectivity index (χ3n) is 4.29. The van der Waals surface area contributed by atoms with E-state index in [4.69, 9.17) is 4.74 Å². The summed E-state index contributed by atoms with van der Waals surface area (Å²) in [6.07, 6.45) is 5.49. The zero-order chi connectivity index (χ0) is 18.8. The summed E-state index contributed by atoms with van der Waals surface area (Å²) in [7, 11) is 1.57. The highest BCUT2D eigenvalue weighted by atomic mass is 16.5. The average Bonchev–Trinajstić information content (AvgIpc) is 3.12. The molecule has 134 valence electrons. The molecule has 0 fully saturated rings. The fourth-order valence-electron chi connectivity index (χ4n) is 2.83. The fourth-order valence-corrected chi connectivity index (χ4v) is 2.83. The number of rotatable bonds is 4. The number of aromatic nitrogens is 3. The number of fused-ring (bicyclic) bond motifs is 1. The zero-order valence-electron chi connectivity index (χ0n) is 15.0. The van der Waals surface area contributed by atoms with Crippen LogP contribution >= 0.6 is 0 Å². The number of nitrogens with one attached hydrogen (secondary N) is 1. The smallest absolute Gasteiger partial charge is 0.255 e. The number of nitrogens with zero attached hydrogens (tertiary/aromatic N) is 3. The van der Waals surface area contributed by atoms with Crippen LogP contribution in [-0.2, 0) is 0 Å². The molecule has 4 rings (SSSR count). The van der Waals surface area contributed by atoms with Gasteiger partial charge in [-0.25, -0.2) is 9.97 Å². The number of imidazole rings is 1. The molecular formula is C21H18N4O2. The molecule has 0 aliphatic heterocycles. The van der Waals surface area contributed by atoms with Gasteiger partial charge in [-0.05, 0) is 43.3 Å². The van der Waals surface area contributed by atoms with E-state index in [1.54, 1.807) is 25.4 Å². The summed E-state index contributed by atoms with van der Waals surface area (Å²) in [5, 5.41) is 2.93. The van der Waals surface area contributed by atoms with Crippen molar-refractivity contribution in [2.75, 3.05) is 12.4 Å². The molecule has 0 unspecified atom stereocenters. The van der Waals surface area contributed by atoms with Crippen molar-refractivity contribution >= 4 is 17.4 Å². The van der Waals surface area contributed by atoms with Gasteiger partial charge in [0.25, 0.3) is 5.91 Å². The highest BCUT2D eigenvalue weighted by molar-refractivity contribution is 6.05. The molecule has 2 heterocycles. The van der Waals surface area contributed by atoms with Crippen molar-refractivity contribution in [2.45, 2.75) is 6.92 Å². The molecule has 0 atom stereocenters. The molecule has 2 aromatic heterocycles. The molecule has 4 aromatic rings. The number of hydrogen-bond donors (Lipinski definition) is 1. The molecule has 27 heavy (non-hydrogen) atoms. The summed E-state index contributed by atoms with van der Waals surface area (Å²) in [5.41, 5.74) is 3.91. The van der Waals surface area contributed by atoms with Crippen LogP contribution in [0.2, 0.25) is 0 Å². The molecular weight excluding hydrogens is 340 g/mol. The summed E-state index contributed by atoms with van der Waals surface area (Å²) in [4.78, 5) is 21.3. The van der Waals surface area contributed by atoms with Gasteiger partial charge < -0.3 is 10.1 Å². The number of methoxy groups -OCH3 is 1. The van der Waals surface area contributed by atoms with E-state index in [0.29, 0.717) is 22.8 Å². The fraction of sp³-hybridized carbons (Fsp3) is 0.0952. The van der Waals surface area contributed by atoms with Gasteiger partial charge in [-0.1, -0.05) is 17.7 Å². The van der Waals surface area contributed by atoms with Gasteiger partial charge in [-0.2, -0.15) is 0 Å². The topological polar surface area (TPSA) is 68.5 Å². The van der Waals surface area contributed by atoms with Crippen LogP contribution in [0.4, 0.5) is 5.69 Å². The van der Waals surface area contributed by atoms with Crippen LogP contribution in [0.25, 0.3) is 17.0 Å². The molecule has 0 radical (unpaired) electrons. The molecule has 2 aromatic carbocycles. The molecule has 6 nitrogen and oxygen atoms in total. The minimum Gasteiger partial charge on any atom is -0.495 e. The summed E-state index contributed by atoms with van der Waals surface area (Å²) in [5.74, 6) is 1.01. The van der Waals surface area contributed by atoms with Crippen LogP contribution < -0.4 is 10.1 Å². The molecule has 0 aliphatic rings. The van der Waals surface area contributed by atoms with Crippen LogP contribution in [-0.4, -0.2) is 27.4 Å². The first-order valence-electron chi connectivity index (χ1n) is 8.50. The zero-order valence-corrected chi connectivity index (χ0v) is 15.0. The monoisotopic (exact) mass is 358 g/mol. The highest BCUT2D eigenvalue weighted by Gasteiger charge is 2.13. The summed E-state index contributed by atoms with van der Waals surface area (Å²) in [6.45, 7) is 1.98. The summed E-state index contributed by atoms with van der Waals surface area (Å²) >= 11 is 0. The first-order valence-corrected chi connectivity index (χ1v) is 8.50. The van der Waals surface area contributed by atoms with Crippen LogP contribution in [0.5, 0.6) is 5.75 Å². The lowest BCUT2D eigenvalue weighted by Gasteiger charge is -2.11. The van der Waals surface area contributed by atoms with E-state index in [1.165, 1.54) is 0 Å². The Morgan fingerprint density at radius 3 is 2.70 bits per heavy atom. The number of amides is 1. The lowest BCUT2D eigenvalue weighted by atomic mass is 10.1. The average molecular weight is 358 g/mol. The van der Waals surface area contributed by atoms with Gasteiger partial charge in [0.1, 0.15) is 5.75 Å². The molecule has 0 saturated carbocycles. The van der Waals surface area contributed by atoms with Crippen molar-refractivity contribution in [3.8, 4) is 17.0 Å². The number of aryl methyl sites for hydroxylation is 1. The van der Waals surface area contributed by atoms with Gasteiger partial charge in [0.2, 0.25) is 5.78 Å². The normalized spacial score (nSPS) is 10.7. The van der Waals surface area contributed by atoms with E-state index < -0.39 is 0 Å². The van der Waals surface area contributed by atoms with Gasteiger partial charge in [0.15, 0.2) is 0 Å². The first-order chi connectivity index (χ1) is 13.1. The molecule has 6 heteroatoms. The third-order valence-corrected chi connectivity index (χ3v) is 4.29. The summed E-state index contributed by atoms with van der Waals surface area (Å²) < 4.78 is 7.25. The van der Waals surface area contributed by atoms with Crippen LogP contribution in [0.3, 0.4) is 0 Å². The lowest BCUT2D eigenvalue weighted by molar-refractivity contribution is 0.102. The van der Waals surface area contributed by atoms with Gasteiger partial charge in [0.05, 0.1) is 18.5 Å². The largest absolute Gasteiger partial charge is 0.495 e. The highest BCUT2D eigenvalue weighted by Crippen LogP contribution is 2.30. The van der Waals surface area contributed by atoms with E-state index in [2.05, 4.69) is 15.3 Å². The molecule has 1 amide bonds. The summed E-state index contributed by atoms with van der Waals surface area (Å²) in [6, 6.07) is 14.8. The number of hydrogen-bond acceptors (Lipinski definition) is 4. The van der Waals surface area contributed by atoms with Crippen molar-refractivity contribution in [2.24, 2.45) is 0 Å². The predicted molar refractivity (Wildman–Crippen MR) is 104 cm³/mol. The number of anilines is 1. The Kier molecular flexibility index (Phi) is 4.30. The number of benzene rings is 2. The van der Waals surface area contributed by atoms with E-state index >= 15 is 0 Å². The van der Waals surface area contributed by atoms with Gasteiger partial charge in [-0.3, -0.25) is 9.20 Å². The Hall–Kier alpha value is -3.67. The van der Waals surface area contributed by atoms with Crippen LogP contribution in [0.15, 0.2) is 67.1 Å². The maximum Gasteiger partial charge on any atom is 0.255 e. The second-order valence-corrected chi connectivity index (χ2v) is 6.19. The van der Waals surface area contributed by atoms with Crippen molar-refractivity contribution in [3.63, 3.8) is 0 Å². The maximum absolute atomic E-state index is 12.6. The van der Waals surface area contributed by atoms with Crippen LogP contribution in [0.1, 0.15) is 15.9 Å². The Labute approximate surface area is 156 Å². The number of carbonyl (C=O) groups is 1. The SMILES string of the molecule is COc1ccc(-c2cn3cccnc3n2)cc1NC(=O)c1ccc(C)cc1. The van der Waals surface area contributed by atoms with E-state index in [-0.39, 0.29) is 5.91 Å². The second-order valence-electron chi connectivity index (χ2n) is 6.19. The second kappa shape index (κ2) is 6.92. The van der Waals surface area contributed by atoms with Crippen molar-refractivity contribution in [1.29, 1.82) is 0 Å². The quantitative estimate of drug-likeness (QED) is 0.599. The minimum absolute atomic E-state index is 0.192. The van der Waals surface area contributed by atoms with Crippen molar-refractivity contribution < 1.29 is 9.53 Å². The van der Waals surface area contributed by atoms with E-state index in [9.17, 15) is 4.79 Å². The van der Waals surface area contributed by atoms with Crippen molar-refractivity contribution in [1.82, 2.24) is 14.4 Å². The van der Waals surface area contributed by atoms with Gasteiger partial charge in [-0.15, -0.1) is 0 Å². The number of ether oxygens (including phenoxy) is 1. The molecule has 1 N–H and O–H groups in total. The predicted octanol–water partition coefficient (Wildman–Crippen LogP) is 3.97. The van der Waals surface area contributed by atoms with Crippen LogP contribution in [0, 0.1) is 6.92 Å². The van der Waals surface area contributed by atoms with E-state index in [1.807, 2.05) is 60.1 Å². The standard InChI is InChI=1S/C21H18N4O2/c1-14-4-6-15(7-5-14)20(26)23-17-12-16(8-9-19(17)27-2)18-13-25-11-3-10-22-21(25)24-18/h3-13H,1-2H3,(H,23,26). The number of carbonyl (C=O) groups excluding carboxylic acids is 1. The Balaban J connectivity index is 1.68. The maximum atomic E-state index is 12.6. The van der Waals surface area contributed by atoms with E-state index in [0.717, 1.165) is 16.8 Å². The lowest BCUT2D eigenvalue weighted by Crippen LogP contribution is -2.12. The van der Waals surface area contributed by atoms with Crippen molar-refractivity contribution in [3.05, 3.63) is 78.2 Å². The first kappa shape index (κ1) is 16.8. The van der Waals surface area contributed by atoms with Gasteiger partial charge in [0, 0.05) is 29.7 Å². The Bertz CT molecular complexity index is 1080. The molecule has 0 saturated heterocycles. The Morgan fingerprint density at radius 1 is 1.15 bits per heavy atom. The minimum atomic E-state index is -0.192. The third kappa shape index (κ3) is 3.37. The Morgan fingerprint density at radius 2 is 1.96 bits per heavy atom. The molecule has 0 bridgehead atoms. The molecule has 0 aliphatic carbocycles. The molecule has 0 spiro atoms. The van der Waals surface area contributed by atoms with Gasteiger partial charge >= 0.3 is 0 Å².